The molecule has 2 N–H and O–H groups in total. The summed E-state index contributed by atoms with van der Waals surface area (Å²) in [5.74, 6) is 0.720. The molecular weight excluding hydrogens is 302 g/mol. The van der Waals surface area contributed by atoms with Crippen LogP contribution in [0.1, 0.15) is 46.2 Å². The maximum atomic E-state index is 11.9. The zero-order valence-electron chi connectivity index (χ0n) is 13.4. The summed E-state index contributed by atoms with van der Waals surface area (Å²) in [5, 5.41) is 11.6. The number of aromatic nitrogens is 4. The Hall–Kier alpha value is -1.83. The van der Waals surface area contributed by atoms with E-state index in [2.05, 4.69) is 20.5 Å². The topological polar surface area (TPSA) is 92.2 Å². The summed E-state index contributed by atoms with van der Waals surface area (Å²) in [4.78, 5) is 26.2. The third-order valence-electron chi connectivity index (χ3n) is 2.84. The number of H-pyrrole nitrogens is 1. The van der Waals surface area contributed by atoms with Crippen LogP contribution in [-0.4, -0.2) is 36.8 Å². The second kappa shape index (κ2) is 6.12. The quantitative estimate of drug-likeness (QED) is 0.833. The van der Waals surface area contributed by atoms with Crippen LogP contribution in [0.25, 0.3) is 5.78 Å². The summed E-state index contributed by atoms with van der Waals surface area (Å²) in [7, 11) is 0. The van der Waals surface area contributed by atoms with Crippen molar-refractivity contribution in [2.24, 2.45) is 0 Å². The van der Waals surface area contributed by atoms with Gasteiger partial charge in [0.25, 0.3) is 5.56 Å². The van der Waals surface area contributed by atoms with Crippen molar-refractivity contribution in [3.05, 3.63) is 22.1 Å². The van der Waals surface area contributed by atoms with Gasteiger partial charge in [-0.3, -0.25) is 19.0 Å². The summed E-state index contributed by atoms with van der Waals surface area (Å²) < 4.78 is 1.79. The Balaban J connectivity index is 2.26. The van der Waals surface area contributed by atoms with Gasteiger partial charge in [0.2, 0.25) is 11.7 Å². The molecule has 2 aromatic heterocycles. The number of nitrogens with one attached hydrogen (secondary N) is 2. The fourth-order valence-corrected chi connectivity index (χ4v) is 2.78. The molecule has 120 valence electrons. The van der Waals surface area contributed by atoms with Crippen LogP contribution in [0.2, 0.25) is 0 Å². The average molecular weight is 323 g/mol. The molecule has 0 saturated heterocycles. The van der Waals surface area contributed by atoms with Crippen molar-refractivity contribution in [3.63, 3.8) is 0 Å². The molecule has 0 aliphatic rings. The van der Waals surface area contributed by atoms with Crippen LogP contribution < -0.4 is 10.9 Å². The van der Waals surface area contributed by atoms with Gasteiger partial charge in [0, 0.05) is 17.3 Å². The van der Waals surface area contributed by atoms with Crippen molar-refractivity contribution < 1.29 is 4.79 Å². The van der Waals surface area contributed by atoms with Crippen LogP contribution in [0.15, 0.2) is 16.0 Å². The van der Waals surface area contributed by atoms with Gasteiger partial charge >= 0.3 is 0 Å². The lowest BCUT2D eigenvalue weighted by molar-refractivity contribution is -0.119. The molecular formula is C14H21N5O2S. The van der Waals surface area contributed by atoms with E-state index in [1.165, 1.54) is 11.8 Å². The van der Waals surface area contributed by atoms with Crippen LogP contribution >= 0.6 is 11.8 Å². The largest absolute Gasteiger partial charge is 0.351 e. The molecule has 0 aromatic carbocycles. The van der Waals surface area contributed by atoms with Gasteiger partial charge in [0.1, 0.15) is 0 Å². The van der Waals surface area contributed by atoms with E-state index in [9.17, 15) is 9.59 Å². The number of amides is 1. The van der Waals surface area contributed by atoms with Crippen molar-refractivity contribution in [2.75, 3.05) is 5.75 Å². The molecule has 0 unspecified atom stereocenters. The Labute approximate surface area is 132 Å². The Kier molecular flexibility index (Phi) is 4.60. The van der Waals surface area contributed by atoms with Crippen molar-refractivity contribution in [3.8, 4) is 0 Å². The van der Waals surface area contributed by atoms with Crippen LogP contribution in [0.3, 0.4) is 0 Å². The van der Waals surface area contributed by atoms with Crippen LogP contribution in [-0.2, 0) is 4.79 Å². The zero-order valence-corrected chi connectivity index (χ0v) is 14.2. The first-order chi connectivity index (χ1) is 10.2. The minimum absolute atomic E-state index is 0.0650. The Morgan fingerprint density at radius 3 is 2.68 bits per heavy atom. The lowest BCUT2D eigenvalue weighted by Crippen LogP contribution is -2.41. The van der Waals surface area contributed by atoms with Crippen molar-refractivity contribution >= 4 is 23.4 Å². The number of carbonyl (C=O) groups excluding carboxylic acids is 1. The first kappa shape index (κ1) is 16.5. The molecule has 22 heavy (non-hydrogen) atoms. The number of nitrogens with zero attached hydrogens (tertiary/aromatic N) is 3. The van der Waals surface area contributed by atoms with Crippen molar-refractivity contribution in [1.29, 1.82) is 0 Å². The van der Waals surface area contributed by atoms with Gasteiger partial charge < -0.3 is 5.32 Å². The van der Waals surface area contributed by atoms with E-state index >= 15 is 0 Å². The highest BCUT2D eigenvalue weighted by molar-refractivity contribution is 7.99. The van der Waals surface area contributed by atoms with Gasteiger partial charge in [-0.05, 0) is 26.7 Å². The second-order valence-electron chi connectivity index (χ2n) is 6.44. The van der Waals surface area contributed by atoms with Crippen LogP contribution in [0.4, 0.5) is 0 Å². The normalized spacial score (nSPS) is 12.1. The number of aromatic amines is 1. The van der Waals surface area contributed by atoms with Crippen LogP contribution in [0.5, 0.6) is 0 Å². The highest BCUT2D eigenvalue weighted by atomic mass is 32.2. The number of thioether (sulfide) groups is 1. The lowest BCUT2D eigenvalue weighted by atomic mass is 10.1. The highest BCUT2D eigenvalue weighted by Gasteiger charge is 2.17. The summed E-state index contributed by atoms with van der Waals surface area (Å²) in [6.45, 7) is 9.79. The predicted octanol–water partition coefficient (Wildman–Crippen LogP) is 1.55. The number of hydrogen-bond donors (Lipinski definition) is 2. The van der Waals surface area contributed by atoms with E-state index in [-0.39, 0.29) is 28.7 Å². The van der Waals surface area contributed by atoms with Gasteiger partial charge in [-0.1, -0.05) is 25.6 Å². The second-order valence-corrected chi connectivity index (χ2v) is 7.38. The minimum Gasteiger partial charge on any atom is -0.351 e. The molecule has 7 nitrogen and oxygen atoms in total. The highest BCUT2D eigenvalue weighted by Crippen LogP contribution is 2.21. The minimum atomic E-state index is -0.265. The zero-order chi connectivity index (χ0) is 16.5. The molecule has 0 bridgehead atoms. The van der Waals surface area contributed by atoms with E-state index in [0.717, 1.165) is 5.69 Å². The van der Waals surface area contributed by atoms with E-state index in [4.69, 9.17) is 0 Å². The molecule has 0 fully saturated rings. The monoisotopic (exact) mass is 323 g/mol. The maximum Gasteiger partial charge on any atom is 0.252 e. The smallest absolute Gasteiger partial charge is 0.252 e. The molecule has 0 radical (unpaired) electrons. The molecule has 0 saturated carbocycles. The molecule has 0 atom stereocenters. The lowest BCUT2D eigenvalue weighted by Gasteiger charge is -2.20. The fraction of sp³-hybridized carbons (Fsp3) is 0.571. The first-order valence-corrected chi connectivity index (χ1v) is 8.08. The molecule has 1 amide bonds. The average Bonchev–Trinajstić information content (AvgIpc) is 2.76. The third kappa shape index (κ3) is 3.88. The van der Waals surface area contributed by atoms with Crippen molar-refractivity contribution in [1.82, 2.24) is 24.9 Å². The molecule has 2 aromatic rings. The molecule has 0 aliphatic carbocycles. The van der Waals surface area contributed by atoms with Gasteiger partial charge in [0.05, 0.1) is 5.75 Å². The Bertz CT molecular complexity index is 742. The van der Waals surface area contributed by atoms with E-state index in [0.29, 0.717) is 10.9 Å². The molecule has 8 heteroatoms. The van der Waals surface area contributed by atoms with Crippen molar-refractivity contribution in [2.45, 2.75) is 51.2 Å². The molecule has 0 aliphatic heterocycles. The fourth-order valence-electron chi connectivity index (χ4n) is 2.03. The third-order valence-corrected chi connectivity index (χ3v) is 3.77. The number of carbonyl (C=O) groups is 1. The summed E-state index contributed by atoms with van der Waals surface area (Å²) in [6.07, 6.45) is 0. The summed E-state index contributed by atoms with van der Waals surface area (Å²) >= 11 is 1.30. The number of rotatable bonds is 4. The first-order valence-electron chi connectivity index (χ1n) is 7.09. The Morgan fingerprint density at radius 1 is 1.41 bits per heavy atom. The summed E-state index contributed by atoms with van der Waals surface area (Å²) in [5.41, 5.74) is 0.354. The van der Waals surface area contributed by atoms with Gasteiger partial charge in [-0.15, -0.1) is 10.2 Å². The van der Waals surface area contributed by atoms with Gasteiger partial charge in [0.15, 0.2) is 5.16 Å². The predicted molar refractivity (Wildman–Crippen MR) is 86.3 cm³/mol. The maximum absolute atomic E-state index is 11.9. The Morgan fingerprint density at radius 2 is 2.09 bits per heavy atom. The SMILES string of the molecule is CC(C)c1cc(=O)[nH]c2nnc(SCC(=O)NC(C)(C)C)n12. The molecule has 2 rings (SSSR count). The van der Waals surface area contributed by atoms with Gasteiger partial charge in [-0.2, -0.15) is 0 Å². The summed E-state index contributed by atoms with van der Waals surface area (Å²) in [6, 6.07) is 1.54. The number of fused-ring (bicyclic) bond motifs is 1. The number of hydrogen-bond acceptors (Lipinski definition) is 5. The van der Waals surface area contributed by atoms with Crippen LogP contribution in [0, 0.1) is 0 Å². The van der Waals surface area contributed by atoms with Gasteiger partial charge in [-0.25, -0.2) is 0 Å². The van der Waals surface area contributed by atoms with E-state index in [1.54, 1.807) is 10.5 Å². The molecule has 0 spiro atoms. The van der Waals surface area contributed by atoms with E-state index < -0.39 is 0 Å². The molecule has 2 heterocycles. The van der Waals surface area contributed by atoms with E-state index in [1.807, 2.05) is 34.6 Å². The standard InChI is InChI=1S/C14H21N5O2S/c1-8(2)9-6-10(20)15-12-17-18-13(19(9)12)22-7-11(21)16-14(3,4)5/h6,8H,7H2,1-5H3,(H,16,21)(H,15,17,20).